The number of anilines is 2. The standard InChI is InChI=1S/C24H29N5O3S/c1-3-32-24(30)21-22(28-23(33-21)18-5-4-8-26-14-18)27-16(2)19-7-6-17(13-20(19)25)15-29-9-11-31-12-10-29/h4-8,13-14,16,27H,3,9-12,15,25H2,1-2H3. The van der Waals surface area contributed by atoms with Crippen molar-refractivity contribution in [1.29, 1.82) is 0 Å². The molecule has 33 heavy (non-hydrogen) atoms. The molecule has 3 aromatic rings. The number of nitrogens with two attached hydrogens (primary N) is 1. The molecular weight excluding hydrogens is 438 g/mol. The van der Waals surface area contributed by atoms with E-state index in [1.807, 2.05) is 31.2 Å². The number of aromatic nitrogens is 2. The first-order valence-corrected chi connectivity index (χ1v) is 11.9. The van der Waals surface area contributed by atoms with E-state index in [4.69, 9.17) is 15.2 Å². The van der Waals surface area contributed by atoms with Crippen molar-refractivity contribution in [2.24, 2.45) is 0 Å². The van der Waals surface area contributed by atoms with Crippen molar-refractivity contribution < 1.29 is 14.3 Å². The van der Waals surface area contributed by atoms with Crippen LogP contribution in [0.4, 0.5) is 11.5 Å². The van der Waals surface area contributed by atoms with Crippen LogP contribution in [0.1, 0.15) is 40.7 Å². The topological polar surface area (TPSA) is 103 Å². The molecule has 1 aliphatic rings. The van der Waals surface area contributed by atoms with Gasteiger partial charge in [-0.25, -0.2) is 9.78 Å². The molecule has 1 aliphatic heterocycles. The number of morpholine rings is 1. The lowest BCUT2D eigenvalue weighted by Crippen LogP contribution is -2.35. The minimum absolute atomic E-state index is 0.153. The van der Waals surface area contributed by atoms with Crippen LogP contribution in [-0.4, -0.2) is 53.7 Å². The molecule has 1 saturated heterocycles. The van der Waals surface area contributed by atoms with Crippen LogP contribution in [0, 0.1) is 0 Å². The maximum atomic E-state index is 12.6. The van der Waals surface area contributed by atoms with Crippen molar-refractivity contribution in [2.45, 2.75) is 26.4 Å². The average Bonchev–Trinajstić information content (AvgIpc) is 3.24. The SMILES string of the molecule is CCOC(=O)c1sc(-c2cccnc2)nc1NC(C)c1ccc(CN2CCOCC2)cc1N. The third kappa shape index (κ3) is 5.68. The van der Waals surface area contributed by atoms with Crippen LogP contribution in [-0.2, 0) is 16.0 Å². The predicted molar refractivity (Wildman–Crippen MR) is 130 cm³/mol. The molecule has 3 heterocycles. The van der Waals surface area contributed by atoms with Crippen molar-refractivity contribution in [3.8, 4) is 10.6 Å². The molecule has 1 fully saturated rings. The summed E-state index contributed by atoms with van der Waals surface area (Å²) in [6.07, 6.45) is 3.43. The monoisotopic (exact) mass is 467 g/mol. The van der Waals surface area contributed by atoms with E-state index >= 15 is 0 Å². The third-order valence-electron chi connectivity index (χ3n) is 5.48. The fraction of sp³-hybridized carbons (Fsp3) is 0.375. The third-order valence-corrected chi connectivity index (χ3v) is 6.56. The number of ether oxygens (including phenoxy) is 2. The molecule has 1 atom stereocenters. The highest BCUT2D eigenvalue weighted by Gasteiger charge is 2.22. The number of nitrogen functional groups attached to an aromatic ring is 1. The fourth-order valence-electron chi connectivity index (χ4n) is 3.78. The Kier molecular flexibility index (Phi) is 7.54. The quantitative estimate of drug-likeness (QED) is 0.379. The van der Waals surface area contributed by atoms with Gasteiger partial charge in [-0.05, 0) is 43.2 Å². The van der Waals surface area contributed by atoms with E-state index in [-0.39, 0.29) is 6.04 Å². The first-order chi connectivity index (χ1) is 16.0. The summed E-state index contributed by atoms with van der Waals surface area (Å²) < 4.78 is 10.7. The molecule has 174 valence electrons. The van der Waals surface area contributed by atoms with Crippen LogP contribution in [0.5, 0.6) is 0 Å². The number of hydrogen-bond acceptors (Lipinski definition) is 9. The van der Waals surface area contributed by atoms with E-state index in [0.29, 0.717) is 28.0 Å². The Morgan fingerprint density at radius 1 is 1.33 bits per heavy atom. The van der Waals surface area contributed by atoms with Crippen molar-refractivity contribution in [3.63, 3.8) is 0 Å². The largest absolute Gasteiger partial charge is 0.462 e. The van der Waals surface area contributed by atoms with Gasteiger partial charge in [0, 0.05) is 43.3 Å². The van der Waals surface area contributed by atoms with Gasteiger partial charge in [-0.15, -0.1) is 11.3 Å². The molecule has 0 aliphatic carbocycles. The predicted octanol–water partition coefficient (Wildman–Crippen LogP) is 3.97. The number of pyridine rings is 1. The molecular formula is C24H29N5O3S. The van der Waals surface area contributed by atoms with E-state index in [9.17, 15) is 4.79 Å². The van der Waals surface area contributed by atoms with Gasteiger partial charge in [-0.2, -0.15) is 0 Å². The van der Waals surface area contributed by atoms with Crippen molar-refractivity contribution in [3.05, 3.63) is 58.7 Å². The number of benzene rings is 1. The summed E-state index contributed by atoms with van der Waals surface area (Å²) in [7, 11) is 0. The molecule has 0 radical (unpaired) electrons. The van der Waals surface area contributed by atoms with Gasteiger partial charge in [-0.1, -0.05) is 12.1 Å². The normalized spacial score (nSPS) is 15.2. The molecule has 0 amide bonds. The lowest BCUT2D eigenvalue weighted by Gasteiger charge is -2.27. The van der Waals surface area contributed by atoms with E-state index in [2.05, 4.69) is 26.3 Å². The molecule has 0 spiro atoms. The van der Waals surface area contributed by atoms with Gasteiger partial charge in [0.1, 0.15) is 5.01 Å². The molecule has 3 N–H and O–H groups in total. The summed E-state index contributed by atoms with van der Waals surface area (Å²) in [5.74, 6) is 0.0928. The summed E-state index contributed by atoms with van der Waals surface area (Å²) in [5, 5.41) is 4.07. The van der Waals surface area contributed by atoms with Crippen molar-refractivity contribution in [2.75, 3.05) is 44.0 Å². The van der Waals surface area contributed by atoms with Gasteiger partial charge in [0.15, 0.2) is 10.7 Å². The smallest absolute Gasteiger partial charge is 0.352 e. The highest BCUT2D eigenvalue weighted by atomic mass is 32.1. The van der Waals surface area contributed by atoms with Gasteiger partial charge in [-0.3, -0.25) is 9.88 Å². The van der Waals surface area contributed by atoms with Crippen LogP contribution in [0.15, 0.2) is 42.7 Å². The summed E-state index contributed by atoms with van der Waals surface area (Å²) in [4.78, 5) is 24.2. The van der Waals surface area contributed by atoms with Gasteiger partial charge >= 0.3 is 5.97 Å². The highest BCUT2D eigenvalue weighted by molar-refractivity contribution is 7.17. The number of hydrogen-bond donors (Lipinski definition) is 2. The number of carbonyl (C=O) groups excluding carboxylic acids is 1. The number of thiazole rings is 1. The Bertz CT molecular complexity index is 1080. The molecule has 9 heteroatoms. The van der Waals surface area contributed by atoms with Crippen LogP contribution in [0.25, 0.3) is 10.6 Å². The van der Waals surface area contributed by atoms with E-state index < -0.39 is 5.97 Å². The van der Waals surface area contributed by atoms with Crippen LogP contribution >= 0.6 is 11.3 Å². The van der Waals surface area contributed by atoms with Crippen molar-refractivity contribution in [1.82, 2.24) is 14.9 Å². The second-order valence-electron chi connectivity index (χ2n) is 7.88. The Labute approximate surface area is 197 Å². The maximum Gasteiger partial charge on any atom is 0.352 e. The molecule has 2 aromatic heterocycles. The molecule has 1 aromatic carbocycles. The summed E-state index contributed by atoms with van der Waals surface area (Å²) >= 11 is 1.29. The lowest BCUT2D eigenvalue weighted by molar-refractivity contribution is 0.0342. The number of nitrogens with zero attached hydrogens (tertiary/aromatic N) is 3. The molecule has 0 bridgehead atoms. The van der Waals surface area contributed by atoms with Crippen molar-refractivity contribution >= 4 is 28.8 Å². The number of esters is 1. The summed E-state index contributed by atoms with van der Waals surface area (Å²) in [6, 6.07) is 9.78. The minimum atomic E-state index is -0.395. The first-order valence-electron chi connectivity index (χ1n) is 11.1. The molecule has 0 saturated carbocycles. The summed E-state index contributed by atoms with van der Waals surface area (Å²) in [5.41, 5.74) is 10.1. The molecule has 8 nitrogen and oxygen atoms in total. The number of carbonyl (C=O) groups is 1. The van der Waals surface area contributed by atoms with E-state index in [1.165, 1.54) is 16.9 Å². The van der Waals surface area contributed by atoms with E-state index in [1.54, 1.807) is 19.3 Å². The van der Waals surface area contributed by atoms with Crippen LogP contribution < -0.4 is 11.1 Å². The molecule has 1 unspecified atom stereocenters. The highest BCUT2D eigenvalue weighted by Crippen LogP contribution is 2.34. The Morgan fingerprint density at radius 2 is 2.15 bits per heavy atom. The number of nitrogens with one attached hydrogen (secondary N) is 1. The number of rotatable bonds is 8. The lowest BCUT2D eigenvalue weighted by atomic mass is 10.0. The Balaban J connectivity index is 1.54. The Morgan fingerprint density at radius 3 is 2.85 bits per heavy atom. The van der Waals surface area contributed by atoms with Gasteiger partial charge in [0.05, 0.1) is 25.9 Å². The Hall–Kier alpha value is -3.01. The summed E-state index contributed by atoms with van der Waals surface area (Å²) in [6.45, 7) is 8.34. The van der Waals surface area contributed by atoms with Gasteiger partial charge in [0.25, 0.3) is 0 Å². The molecule has 4 rings (SSSR count). The van der Waals surface area contributed by atoms with E-state index in [0.717, 1.165) is 44.0 Å². The second kappa shape index (κ2) is 10.7. The fourth-order valence-corrected chi connectivity index (χ4v) is 4.70. The maximum absolute atomic E-state index is 12.6. The van der Waals surface area contributed by atoms with Crippen LogP contribution in [0.3, 0.4) is 0 Å². The first kappa shape index (κ1) is 23.2. The van der Waals surface area contributed by atoms with Gasteiger partial charge in [0.2, 0.25) is 0 Å². The zero-order valence-electron chi connectivity index (χ0n) is 18.9. The zero-order valence-corrected chi connectivity index (χ0v) is 19.7. The minimum Gasteiger partial charge on any atom is -0.462 e. The zero-order chi connectivity index (χ0) is 23.2. The van der Waals surface area contributed by atoms with Crippen LogP contribution in [0.2, 0.25) is 0 Å². The van der Waals surface area contributed by atoms with Gasteiger partial charge < -0.3 is 20.5 Å². The average molecular weight is 468 g/mol. The second-order valence-corrected chi connectivity index (χ2v) is 8.88.